The number of hydrogen-bond acceptors (Lipinski definition) is 7. The topological polar surface area (TPSA) is 157 Å². The molecule has 1 saturated heterocycles. The number of nitrogens with zero attached hydrogens (tertiary/aromatic N) is 3. The summed E-state index contributed by atoms with van der Waals surface area (Å²) in [5.41, 5.74) is 7.78. The van der Waals surface area contributed by atoms with Gasteiger partial charge in [-0.2, -0.15) is 0 Å². The largest absolute Gasteiger partial charge is 0.497 e. The van der Waals surface area contributed by atoms with Gasteiger partial charge in [-0.3, -0.25) is 9.59 Å². The van der Waals surface area contributed by atoms with Crippen LogP contribution in [-0.2, 0) is 16.0 Å². The first-order valence-corrected chi connectivity index (χ1v) is 13.4. The molecule has 2 fully saturated rings. The van der Waals surface area contributed by atoms with E-state index in [1.165, 1.54) is 30.6 Å². The average molecular weight is 528 g/mol. The zero-order chi connectivity index (χ0) is 27.2. The second-order valence-corrected chi connectivity index (χ2v) is 10.2. The minimum absolute atomic E-state index is 0.0882. The number of hydrogen-bond donors (Lipinski definition) is 3. The SMILES string of the molecule is CCC1C(Oc2nc3cc(OC)ccc3nc2CCCCCC2CC2)CN(C(=O)CNC(=O)O)C1C(N)=O. The van der Waals surface area contributed by atoms with Crippen molar-refractivity contribution in [3.63, 3.8) is 0 Å². The van der Waals surface area contributed by atoms with Gasteiger partial charge in [-0.1, -0.05) is 39.0 Å². The van der Waals surface area contributed by atoms with Crippen LogP contribution in [0.5, 0.6) is 11.6 Å². The molecule has 0 spiro atoms. The fraction of sp³-hybridized carbons (Fsp3) is 0.593. The van der Waals surface area contributed by atoms with Gasteiger partial charge in [0, 0.05) is 12.0 Å². The smallest absolute Gasteiger partial charge is 0.405 e. The molecule has 2 heterocycles. The van der Waals surface area contributed by atoms with Crippen LogP contribution in [0.2, 0.25) is 0 Å². The zero-order valence-electron chi connectivity index (χ0n) is 22.0. The molecule has 11 heteroatoms. The molecule has 1 aromatic carbocycles. The predicted octanol–water partition coefficient (Wildman–Crippen LogP) is 2.89. The molecule has 1 aliphatic carbocycles. The number of carbonyl (C=O) groups excluding carboxylic acids is 2. The molecule has 3 amide bonds. The van der Waals surface area contributed by atoms with Crippen molar-refractivity contribution in [2.45, 2.75) is 70.4 Å². The number of carboxylic acid groups (broad SMARTS) is 1. The van der Waals surface area contributed by atoms with E-state index in [0.717, 1.165) is 30.0 Å². The minimum atomic E-state index is -1.32. The quantitative estimate of drug-likeness (QED) is 0.336. The van der Waals surface area contributed by atoms with E-state index in [9.17, 15) is 14.4 Å². The number of aryl methyl sites for hydroxylation is 1. The standard InChI is InChI=1S/C27H37N5O6/c1-3-18-22(15-32(24(18)25(28)34)23(33)14-29-27(35)36)38-26-20(8-6-4-5-7-16-9-10-16)30-19-12-11-17(37-2)13-21(19)31-26/h11-13,16,18,22,24,29H,3-10,14-15H2,1-2H3,(H2,28,34)(H,35,36). The number of ether oxygens (including phenoxy) is 2. The summed E-state index contributed by atoms with van der Waals surface area (Å²) in [6.07, 6.45) is 6.59. The molecule has 206 valence electrons. The van der Waals surface area contributed by atoms with E-state index in [0.29, 0.717) is 30.0 Å². The Labute approximate surface area is 222 Å². The number of methoxy groups -OCH3 is 1. The summed E-state index contributed by atoms with van der Waals surface area (Å²) >= 11 is 0. The van der Waals surface area contributed by atoms with Crippen LogP contribution in [-0.4, -0.2) is 70.2 Å². The summed E-state index contributed by atoms with van der Waals surface area (Å²) in [4.78, 5) is 47.0. The Balaban J connectivity index is 1.57. The van der Waals surface area contributed by atoms with Crippen molar-refractivity contribution in [1.29, 1.82) is 0 Å². The predicted molar refractivity (Wildman–Crippen MR) is 140 cm³/mol. The highest BCUT2D eigenvalue weighted by Crippen LogP contribution is 2.35. The third kappa shape index (κ3) is 6.62. The van der Waals surface area contributed by atoms with Gasteiger partial charge in [0.1, 0.15) is 30.1 Å². The molecule has 0 bridgehead atoms. The van der Waals surface area contributed by atoms with E-state index in [-0.39, 0.29) is 12.5 Å². The number of carbonyl (C=O) groups is 3. The normalized spacial score (nSPS) is 20.9. The summed E-state index contributed by atoms with van der Waals surface area (Å²) in [5, 5.41) is 11.0. The van der Waals surface area contributed by atoms with E-state index in [2.05, 4.69) is 5.32 Å². The van der Waals surface area contributed by atoms with E-state index >= 15 is 0 Å². The van der Waals surface area contributed by atoms with Gasteiger partial charge in [0.05, 0.1) is 24.7 Å². The lowest BCUT2D eigenvalue weighted by Gasteiger charge is -2.24. The Kier molecular flexibility index (Phi) is 8.85. The lowest BCUT2D eigenvalue weighted by molar-refractivity contribution is -0.137. The molecule has 4 rings (SSSR count). The molecular formula is C27H37N5O6. The lowest BCUT2D eigenvalue weighted by Crippen LogP contribution is -2.49. The number of primary amides is 1. The maximum Gasteiger partial charge on any atom is 0.405 e. The highest BCUT2D eigenvalue weighted by atomic mass is 16.5. The van der Waals surface area contributed by atoms with Crippen molar-refractivity contribution < 1.29 is 29.0 Å². The molecule has 38 heavy (non-hydrogen) atoms. The molecule has 2 aromatic rings. The van der Waals surface area contributed by atoms with Gasteiger partial charge < -0.3 is 30.5 Å². The molecular weight excluding hydrogens is 490 g/mol. The molecule has 2 aliphatic rings. The first-order valence-electron chi connectivity index (χ1n) is 13.4. The van der Waals surface area contributed by atoms with Crippen molar-refractivity contribution >= 4 is 28.9 Å². The molecule has 1 saturated carbocycles. The number of nitrogens with two attached hydrogens (primary N) is 1. The molecule has 3 unspecified atom stereocenters. The third-order valence-corrected chi connectivity index (χ3v) is 7.46. The van der Waals surface area contributed by atoms with Crippen molar-refractivity contribution in [3.05, 3.63) is 23.9 Å². The summed E-state index contributed by atoms with van der Waals surface area (Å²) < 4.78 is 11.8. The van der Waals surface area contributed by atoms with Crippen LogP contribution >= 0.6 is 0 Å². The van der Waals surface area contributed by atoms with Crippen LogP contribution in [0.1, 0.15) is 57.6 Å². The van der Waals surface area contributed by atoms with E-state index in [4.69, 9.17) is 30.3 Å². The number of nitrogens with one attached hydrogen (secondary N) is 1. The Hall–Kier alpha value is -3.63. The summed E-state index contributed by atoms with van der Waals surface area (Å²) in [5.74, 6) is 0.359. The lowest BCUT2D eigenvalue weighted by atomic mass is 9.94. The van der Waals surface area contributed by atoms with Crippen molar-refractivity contribution in [1.82, 2.24) is 20.2 Å². The van der Waals surface area contributed by atoms with Gasteiger partial charge in [-0.15, -0.1) is 0 Å². The highest BCUT2D eigenvalue weighted by molar-refractivity contribution is 5.89. The number of amides is 3. The average Bonchev–Trinajstić information content (AvgIpc) is 3.65. The van der Waals surface area contributed by atoms with Gasteiger partial charge in [0.15, 0.2) is 0 Å². The minimum Gasteiger partial charge on any atom is -0.497 e. The highest BCUT2D eigenvalue weighted by Gasteiger charge is 2.47. The summed E-state index contributed by atoms with van der Waals surface area (Å²) in [6, 6.07) is 4.59. The molecule has 4 N–H and O–H groups in total. The second-order valence-electron chi connectivity index (χ2n) is 10.2. The summed E-state index contributed by atoms with van der Waals surface area (Å²) in [6.45, 7) is 1.53. The molecule has 3 atom stereocenters. The zero-order valence-corrected chi connectivity index (χ0v) is 22.0. The number of likely N-dealkylation sites (tertiary alicyclic amines) is 1. The van der Waals surface area contributed by atoms with Gasteiger partial charge in [-0.05, 0) is 37.3 Å². The Bertz CT molecular complexity index is 1170. The molecule has 1 aromatic heterocycles. The van der Waals surface area contributed by atoms with Crippen LogP contribution < -0.4 is 20.5 Å². The number of aromatic nitrogens is 2. The molecule has 1 aliphatic heterocycles. The third-order valence-electron chi connectivity index (χ3n) is 7.46. The monoisotopic (exact) mass is 527 g/mol. The first kappa shape index (κ1) is 27.4. The fourth-order valence-corrected chi connectivity index (χ4v) is 5.25. The fourth-order valence-electron chi connectivity index (χ4n) is 5.25. The molecule has 11 nitrogen and oxygen atoms in total. The van der Waals surface area contributed by atoms with Crippen molar-refractivity contribution in [2.24, 2.45) is 17.6 Å². The van der Waals surface area contributed by atoms with E-state index in [1.807, 2.05) is 19.1 Å². The van der Waals surface area contributed by atoms with E-state index < -0.39 is 36.6 Å². The van der Waals surface area contributed by atoms with Gasteiger partial charge in [-0.25, -0.2) is 14.8 Å². The second kappa shape index (κ2) is 12.3. The van der Waals surface area contributed by atoms with Crippen molar-refractivity contribution in [3.8, 4) is 11.6 Å². The maximum absolute atomic E-state index is 12.8. The molecule has 0 radical (unpaired) electrons. The summed E-state index contributed by atoms with van der Waals surface area (Å²) in [7, 11) is 1.58. The van der Waals surface area contributed by atoms with Crippen molar-refractivity contribution in [2.75, 3.05) is 20.2 Å². The Morgan fingerprint density at radius 3 is 2.61 bits per heavy atom. The van der Waals surface area contributed by atoms with E-state index in [1.54, 1.807) is 13.2 Å². The Morgan fingerprint density at radius 2 is 1.95 bits per heavy atom. The Morgan fingerprint density at radius 1 is 1.16 bits per heavy atom. The van der Waals surface area contributed by atoms with Crippen LogP contribution in [0.25, 0.3) is 11.0 Å². The van der Waals surface area contributed by atoms with Crippen LogP contribution in [0.4, 0.5) is 4.79 Å². The number of benzene rings is 1. The number of rotatable bonds is 13. The van der Waals surface area contributed by atoms with Crippen LogP contribution in [0.15, 0.2) is 18.2 Å². The number of unbranched alkanes of at least 4 members (excludes halogenated alkanes) is 2. The van der Waals surface area contributed by atoms with Gasteiger partial charge in [0.25, 0.3) is 0 Å². The van der Waals surface area contributed by atoms with Gasteiger partial charge >= 0.3 is 6.09 Å². The number of fused-ring (bicyclic) bond motifs is 1. The van der Waals surface area contributed by atoms with Crippen LogP contribution in [0, 0.1) is 11.8 Å². The maximum atomic E-state index is 12.8. The van der Waals surface area contributed by atoms with Crippen LogP contribution in [0.3, 0.4) is 0 Å². The van der Waals surface area contributed by atoms with Gasteiger partial charge in [0.2, 0.25) is 17.7 Å². The first-order chi connectivity index (χ1) is 18.3.